The van der Waals surface area contributed by atoms with Crippen molar-refractivity contribution in [1.29, 1.82) is 10.5 Å². The Morgan fingerprint density at radius 1 is 1.25 bits per heavy atom. The second kappa shape index (κ2) is 8.39. The number of hydrogen-bond donors (Lipinski definition) is 1. The van der Waals surface area contributed by atoms with Crippen molar-refractivity contribution in [2.24, 2.45) is 0 Å². The van der Waals surface area contributed by atoms with Crippen LogP contribution in [0.15, 0.2) is 24.3 Å². The fourth-order valence-corrected chi connectivity index (χ4v) is 1.57. The van der Waals surface area contributed by atoms with E-state index in [9.17, 15) is 4.79 Å². The molecular formula is C14H16N4O2. The molecule has 2 N–H and O–H groups in total. The lowest BCUT2D eigenvalue weighted by Gasteiger charge is -2.20. The number of benzene rings is 1. The van der Waals surface area contributed by atoms with Crippen LogP contribution in [-0.4, -0.2) is 30.5 Å². The van der Waals surface area contributed by atoms with Crippen LogP contribution >= 0.6 is 0 Å². The maximum Gasteiger partial charge on any atom is 0.260 e. The van der Waals surface area contributed by atoms with Gasteiger partial charge in [-0.2, -0.15) is 10.5 Å². The number of carbonyl (C=O) groups is 1. The van der Waals surface area contributed by atoms with Crippen molar-refractivity contribution in [3.8, 4) is 17.9 Å². The molecule has 0 aromatic heterocycles. The van der Waals surface area contributed by atoms with E-state index in [1.165, 1.54) is 4.90 Å². The van der Waals surface area contributed by atoms with E-state index in [4.69, 9.17) is 21.0 Å². The number of nitriles is 2. The van der Waals surface area contributed by atoms with Crippen LogP contribution < -0.4 is 10.5 Å². The minimum Gasteiger partial charge on any atom is -0.484 e. The molecule has 6 nitrogen and oxygen atoms in total. The Morgan fingerprint density at radius 3 is 2.45 bits per heavy atom. The van der Waals surface area contributed by atoms with Crippen LogP contribution in [-0.2, 0) is 4.79 Å². The Morgan fingerprint density at radius 2 is 1.90 bits per heavy atom. The van der Waals surface area contributed by atoms with Gasteiger partial charge in [0.15, 0.2) is 6.61 Å². The van der Waals surface area contributed by atoms with Crippen LogP contribution in [0.25, 0.3) is 0 Å². The molecule has 0 spiro atoms. The second-order valence-electron chi connectivity index (χ2n) is 4.06. The van der Waals surface area contributed by atoms with Gasteiger partial charge < -0.3 is 15.4 Å². The number of hydrogen-bond acceptors (Lipinski definition) is 5. The fourth-order valence-electron chi connectivity index (χ4n) is 1.57. The third kappa shape index (κ3) is 5.28. The predicted octanol–water partition coefficient (Wildman–Crippen LogP) is 1.30. The zero-order valence-corrected chi connectivity index (χ0v) is 11.1. The highest BCUT2D eigenvalue weighted by Gasteiger charge is 2.13. The monoisotopic (exact) mass is 272 g/mol. The molecule has 1 aromatic carbocycles. The van der Waals surface area contributed by atoms with E-state index < -0.39 is 0 Å². The van der Waals surface area contributed by atoms with E-state index in [0.29, 0.717) is 24.5 Å². The minimum atomic E-state index is -0.252. The second-order valence-corrected chi connectivity index (χ2v) is 4.06. The van der Waals surface area contributed by atoms with Crippen LogP contribution in [0.1, 0.15) is 12.8 Å². The molecule has 1 amide bonds. The van der Waals surface area contributed by atoms with E-state index in [1.807, 2.05) is 12.1 Å². The Balaban J connectivity index is 2.53. The van der Waals surface area contributed by atoms with Crippen LogP contribution in [0.4, 0.5) is 5.69 Å². The number of nitrogen functional groups attached to an aromatic ring is 1. The molecule has 104 valence electrons. The molecule has 1 aromatic rings. The van der Waals surface area contributed by atoms with Crippen LogP contribution in [0.2, 0.25) is 0 Å². The van der Waals surface area contributed by atoms with Gasteiger partial charge in [0.25, 0.3) is 5.91 Å². The van der Waals surface area contributed by atoms with Crippen molar-refractivity contribution in [2.75, 3.05) is 25.4 Å². The van der Waals surface area contributed by atoms with Crippen molar-refractivity contribution in [3.63, 3.8) is 0 Å². The average molecular weight is 272 g/mol. The van der Waals surface area contributed by atoms with Crippen molar-refractivity contribution >= 4 is 11.6 Å². The molecular weight excluding hydrogens is 256 g/mol. The average Bonchev–Trinajstić information content (AvgIpc) is 2.45. The number of nitrogens with zero attached hydrogens (tertiary/aromatic N) is 3. The van der Waals surface area contributed by atoms with Gasteiger partial charge >= 0.3 is 0 Å². The third-order valence-electron chi connectivity index (χ3n) is 2.56. The highest BCUT2D eigenvalue weighted by Crippen LogP contribution is 2.14. The Labute approximate surface area is 118 Å². The van der Waals surface area contributed by atoms with Crippen molar-refractivity contribution in [2.45, 2.75) is 12.8 Å². The number of rotatable bonds is 7. The zero-order chi connectivity index (χ0) is 14.8. The summed E-state index contributed by atoms with van der Waals surface area (Å²) >= 11 is 0. The number of ether oxygens (including phenoxy) is 1. The van der Waals surface area contributed by atoms with E-state index >= 15 is 0 Å². The smallest absolute Gasteiger partial charge is 0.260 e. The molecule has 0 atom stereocenters. The standard InChI is InChI=1S/C14H16N4O2/c15-6-2-8-18(9-3-7-16)14(19)11-20-13-5-1-4-12(17)10-13/h1,4-5,10H,2-3,8-9,11,17H2. The molecule has 0 aliphatic rings. The number of amides is 1. The maximum atomic E-state index is 12.0. The lowest BCUT2D eigenvalue weighted by molar-refractivity contribution is -0.133. The van der Waals surface area contributed by atoms with E-state index in [1.54, 1.807) is 24.3 Å². The normalized spacial score (nSPS) is 9.30. The van der Waals surface area contributed by atoms with Crippen molar-refractivity contribution < 1.29 is 9.53 Å². The summed E-state index contributed by atoms with van der Waals surface area (Å²) in [5.74, 6) is 0.261. The number of anilines is 1. The third-order valence-corrected chi connectivity index (χ3v) is 2.56. The molecule has 0 saturated carbocycles. The van der Waals surface area contributed by atoms with Crippen LogP contribution in [0.5, 0.6) is 5.75 Å². The number of carbonyl (C=O) groups excluding carboxylic acids is 1. The summed E-state index contributed by atoms with van der Waals surface area (Å²) in [6.07, 6.45) is 0.463. The van der Waals surface area contributed by atoms with Gasteiger partial charge in [-0.3, -0.25) is 4.79 Å². The Bertz CT molecular complexity index is 513. The molecule has 0 aliphatic heterocycles. The van der Waals surface area contributed by atoms with Gasteiger partial charge in [0, 0.05) is 24.8 Å². The molecule has 20 heavy (non-hydrogen) atoms. The van der Waals surface area contributed by atoms with E-state index in [0.717, 1.165) is 0 Å². The molecule has 0 radical (unpaired) electrons. The molecule has 0 heterocycles. The molecule has 0 fully saturated rings. The van der Waals surface area contributed by atoms with Gasteiger partial charge in [0.05, 0.1) is 25.0 Å². The summed E-state index contributed by atoms with van der Waals surface area (Å²) in [6.45, 7) is 0.467. The van der Waals surface area contributed by atoms with Crippen molar-refractivity contribution in [1.82, 2.24) is 4.90 Å². The molecule has 1 rings (SSSR count). The SMILES string of the molecule is N#CCCN(CCC#N)C(=O)COc1cccc(N)c1. The lowest BCUT2D eigenvalue weighted by Crippen LogP contribution is -2.36. The highest BCUT2D eigenvalue weighted by atomic mass is 16.5. The summed E-state index contributed by atoms with van der Waals surface area (Å²) < 4.78 is 5.35. The largest absolute Gasteiger partial charge is 0.484 e. The van der Waals surface area contributed by atoms with Crippen LogP contribution in [0.3, 0.4) is 0 Å². The quantitative estimate of drug-likeness (QED) is 0.753. The first-order valence-corrected chi connectivity index (χ1v) is 6.17. The molecule has 0 bridgehead atoms. The minimum absolute atomic E-state index is 0.139. The van der Waals surface area contributed by atoms with Crippen LogP contribution in [0, 0.1) is 22.7 Å². The molecule has 0 unspecified atom stereocenters. The molecule has 6 heteroatoms. The van der Waals surface area contributed by atoms with Crippen molar-refractivity contribution in [3.05, 3.63) is 24.3 Å². The van der Waals surface area contributed by atoms with Gasteiger partial charge in [0.2, 0.25) is 0 Å². The Hall–Kier alpha value is -2.73. The van der Waals surface area contributed by atoms with Gasteiger partial charge in [-0.25, -0.2) is 0 Å². The first kappa shape index (κ1) is 15.3. The lowest BCUT2D eigenvalue weighted by atomic mass is 10.3. The summed E-state index contributed by atoms with van der Waals surface area (Å²) in [4.78, 5) is 13.4. The highest BCUT2D eigenvalue weighted by molar-refractivity contribution is 5.77. The van der Waals surface area contributed by atoms with E-state index in [-0.39, 0.29) is 25.4 Å². The summed E-state index contributed by atoms with van der Waals surface area (Å²) in [5, 5.41) is 17.1. The fraction of sp³-hybridized carbons (Fsp3) is 0.357. The summed E-state index contributed by atoms with van der Waals surface area (Å²) in [6, 6.07) is 10.7. The van der Waals surface area contributed by atoms with Gasteiger partial charge in [-0.15, -0.1) is 0 Å². The number of nitrogens with two attached hydrogens (primary N) is 1. The van der Waals surface area contributed by atoms with Gasteiger partial charge in [-0.05, 0) is 12.1 Å². The summed E-state index contributed by atoms with van der Waals surface area (Å²) in [7, 11) is 0. The first-order valence-electron chi connectivity index (χ1n) is 6.17. The molecule has 0 saturated heterocycles. The first-order chi connectivity index (χ1) is 9.67. The molecule has 0 aliphatic carbocycles. The summed E-state index contributed by atoms with van der Waals surface area (Å²) in [5.41, 5.74) is 6.17. The van der Waals surface area contributed by atoms with Gasteiger partial charge in [-0.1, -0.05) is 6.07 Å². The van der Waals surface area contributed by atoms with E-state index in [2.05, 4.69) is 0 Å². The topological polar surface area (TPSA) is 103 Å². The zero-order valence-electron chi connectivity index (χ0n) is 11.1. The maximum absolute atomic E-state index is 12.0. The van der Waals surface area contributed by atoms with Gasteiger partial charge in [0.1, 0.15) is 5.75 Å². The Kier molecular flexibility index (Phi) is 6.43. The predicted molar refractivity (Wildman–Crippen MR) is 73.4 cm³/mol.